The number of methoxy groups -OCH3 is 2. The molecule has 1 atom stereocenters. The molecule has 0 aromatic heterocycles. The minimum atomic E-state index is -3.28. The van der Waals surface area contributed by atoms with Gasteiger partial charge in [0.05, 0.1) is 18.1 Å². The Morgan fingerprint density at radius 2 is 1.88 bits per heavy atom. The summed E-state index contributed by atoms with van der Waals surface area (Å²) in [7, 11) is -0.243. The van der Waals surface area contributed by atoms with E-state index < -0.39 is 9.84 Å². The second-order valence-electron chi connectivity index (χ2n) is 3.52. The van der Waals surface area contributed by atoms with E-state index in [4.69, 9.17) is 9.47 Å². The monoisotopic (exact) mass is 244 g/mol. The van der Waals surface area contributed by atoms with Crippen molar-refractivity contribution < 1.29 is 17.9 Å². The Balaban J connectivity index is 3.50. The van der Waals surface area contributed by atoms with Gasteiger partial charge in [-0.2, -0.15) is 0 Å². The van der Waals surface area contributed by atoms with Crippen LogP contribution in [0.4, 0.5) is 0 Å². The van der Waals surface area contributed by atoms with Crippen LogP contribution in [0.3, 0.4) is 0 Å². The minimum absolute atomic E-state index is 0.251. The fourth-order valence-corrected chi connectivity index (χ4v) is 2.54. The lowest BCUT2D eigenvalue weighted by Crippen LogP contribution is -2.08. The van der Waals surface area contributed by atoms with Gasteiger partial charge in [-0.25, -0.2) is 8.42 Å². The summed E-state index contributed by atoms with van der Waals surface area (Å²) < 4.78 is 33.6. The van der Waals surface area contributed by atoms with Crippen LogP contribution in [0.1, 0.15) is 18.6 Å². The number of ether oxygens (including phenoxy) is 2. The molecule has 0 bridgehead atoms. The first-order chi connectivity index (χ1) is 7.41. The zero-order valence-corrected chi connectivity index (χ0v) is 10.7. The lowest BCUT2D eigenvalue weighted by Gasteiger charge is -2.17. The topological polar surface area (TPSA) is 52.6 Å². The molecular weight excluding hydrogens is 228 g/mol. The molecule has 5 heteroatoms. The van der Waals surface area contributed by atoms with E-state index in [1.807, 2.05) is 0 Å². The minimum Gasteiger partial charge on any atom is -0.496 e. The molecule has 1 unspecified atom stereocenters. The smallest absolute Gasteiger partial charge is 0.176 e. The molecule has 0 fully saturated rings. The van der Waals surface area contributed by atoms with E-state index in [1.54, 1.807) is 25.1 Å². The third kappa shape index (κ3) is 2.54. The molecule has 0 aliphatic carbocycles. The first-order valence-corrected chi connectivity index (χ1v) is 6.70. The van der Waals surface area contributed by atoms with Gasteiger partial charge in [0.15, 0.2) is 9.84 Å². The van der Waals surface area contributed by atoms with E-state index in [2.05, 4.69) is 0 Å². The van der Waals surface area contributed by atoms with Crippen molar-refractivity contribution in [3.8, 4) is 5.75 Å². The molecule has 0 aliphatic heterocycles. The summed E-state index contributed by atoms with van der Waals surface area (Å²) in [5.41, 5.74) is 0.565. The first kappa shape index (κ1) is 13.0. The SMILES string of the molecule is COc1cccc(S(C)(=O)=O)c1C(C)OC. The van der Waals surface area contributed by atoms with Gasteiger partial charge < -0.3 is 9.47 Å². The summed E-state index contributed by atoms with van der Waals surface area (Å²) in [4.78, 5) is 0.251. The summed E-state index contributed by atoms with van der Waals surface area (Å²) in [5, 5.41) is 0. The molecule has 0 saturated carbocycles. The largest absolute Gasteiger partial charge is 0.496 e. The zero-order valence-electron chi connectivity index (χ0n) is 9.85. The Morgan fingerprint density at radius 3 is 2.31 bits per heavy atom. The van der Waals surface area contributed by atoms with Gasteiger partial charge in [-0.3, -0.25) is 0 Å². The van der Waals surface area contributed by atoms with Crippen LogP contribution in [0.5, 0.6) is 5.75 Å². The highest BCUT2D eigenvalue weighted by Crippen LogP contribution is 2.32. The number of hydrogen-bond donors (Lipinski definition) is 0. The molecule has 0 aliphatic rings. The van der Waals surface area contributed by atoms with Gasteiger partial charge in [0, 0.05) is 18.9 Å². The summed E-state index contributed by atoms with van der Waals surface area (Å²) in [5.74, 6) is 0.525. The van der Waals surface area contributed by atoms with Gasteiger partial charge in [0.2, 0.25) is 0 Å². The standard InChI is InChI=1S/C11H16O4S/c1-8(14-2)11-9(15-3)6-5-7-10(11)16(4,12)13/h5-8H,1-4H3. The summed E-state index contributed by atoms with van der Waals surface area (Å²) in [6.45, 7) is 1.78. The molecule has 0 heterocycles. The van der Waals surface area contributed by atoms with Crippen LogP contribution in [-0.2, 0) is 14.6 Å². The molecule has 90 valence electrons. The molecular formula is C11H16O4S. The van der Waals surface area contributed by atoms with Crippen molar-refractivity contribution in [2.24, 2.45) is 0 Å². The predicted molar refractivity (Wildman–Crippen MR) is 61.5 cm³/mol. The van der Waals surface area contributed by atoms with Crippen molar-refractivity contribution in [1.82, 2.24) is 0 Å². The lowest BCUT2D eigenvalue weighted by atomic mass is 10.1. The maximum Gasteiger partial charge on any atom is 0.176 e. The maximum absolute atomic E-state index is 11.6. The van der Waals surface area contributed by atoms with Crippen molar-refractivity contribution in [3.05, 3.63) is 23.8 Å². The zero-order chi connectivity index (χ0) is 12.3. The molecule has 0 spiro atoms. The second-order valence-corrected chi connectivity index (χ2v) is 5.51. The Hall–Kier alpha value is -1.07. The number of sulfone groups is 1. The van der Waals surface area contributed by atoms with E-state index in [-0.39, 0.29) is 11.0 Å². The maximum atomic E-state index is 11.6. The van der Waals surface area contributed by atoms with Crippen molar-refractivity contribution in [3.63, 3.8) is 0 Å². The Morgan fingerprint density at radius 1 is 1.25 bits per heavy atom. The van der Waals surface area contributed by atoms with E-state index in [0.29, 0.717) is 11.3 Å². The molecule has 1 rings (SSSR count). The molecule has 0 amide bonds. The molecule has 4 nitrogen and oxygen atoms in total. The Bertz CT molecular complexity index is 465. The lowest BCUT2D eigenvalue weighted by molar-refractivity contribution is 0.114. The Kier molecular flexibility index (Phi) is 3.93. The third-order valence-corrected chi connectivity index (χ3v) is 3.56. The summed E-state index contributed by atoms with van der Waals surface area (Å²) >= 11 is 0. The van der Waals surface area contributed by atoms with Gasteiger partial charge in [-0.15, -0.1) is 0 Å². The highest BCUT2D eigenvalue weighted by atomic mass is 32.2. The van der Waals surface area contributed by atoms with Crippen LogP contribution in [0, 0.1) is 0 Å². The first-order valence-electron chi connectivity index (χ1n) is 4.81. The molecule has 0 saturated heterocycles. The molecule has 1 aromatic carbocycles. The third-order valence-electron chi connectivity index (χ3n) is 2.41. The van der Waals surface area contributed by atoms with Gasteiger partial charge in [0.1, 0.15) is 5.75 Å². The van der Waals surface area contributed by atoms with Gasteiger partial charge in [-0.05, 0) is 19.1 Å². The Labute approximate surface area is 96.1 Å². The second kappa shape index (κ2) is 4.84. The van der Waals surface area contributed by atoms with Crippen LogP contribution in [0.15, 0.2) is 23.1 Å². The van der Waals surface area contributed by atoms with Gasteiger partial charge >= 0.3 is 0 Å². The van der Waals surface area contributed by atoms with Gasteiger partial charge in [0.25, 0.3) is 0 Å². The van der Waals surface area contributed by atoms with Crippen molar-refractivity contribution >= 4 is 9.84 Å². The fourth-order valence-electron chi connectivity index (χ4n) is 1.54. The molecule has 1 aromatic rings. The average Bonchev–Trinajstić information content (AvgIpc) is 2.25. The van der Waals surface area contributed by atoms with E-state index in [9.17, 15) is 8.42 Å². The number of hydrogen-bond acceptors (Lipinski definition) is 4. The van der Waals surface area contributed by atoms with Crippen molar-refractivity contribution in [1.29, 1.82) is 0 Å². The number of rotatable bonds is 4. The van der Waals surface area contributed by atoms with E-state index >= 15 is 0 Å². The van der Waals surface area contributed by atoms with Crippen LogP contribution in [0.25, 0.3) is 0 Å². The highest BCUT2D eigenvalue weighted by Gasteiger charge is 2.21. The van der Waals surface area contributed by atoms with Crippen LogP contribution in [-0.4, -0.2) is 28.9 Å². The highest BCUT2D eigenvalue weighted by molar-refractivity contribution is 7.90. The summed E-state index contributed by atoms with van der Waals surface area (Å²) in [6, 6.07) is 4.93. The molecule has 0 radical (unpaired) electrons. The molecule has 16 heavy (non-hydrogen) atoms. The van der Waals surface area contributed by atoms with Crippen LogP contribution >= 0.6 is 0 Å². The van der Waals surface area contributed by atoms with Crippen molar-refractivity contribution in [2.45, 2.75) is 17.9 Å². The van der Waals surface area contributed by atoms with Crippen molar-refractivity contribution in [2.75, 3.05) is 20.5 Å². The predicted octanol–water partition coefficient (Wildman–Crippen LogP) is 1.81. The normalized spacial score (nSPS) is 13.5. The average molecular weight is 244 g/mol. The van der Waals surface area contributed by atoms with Gasteiger partial charge in [-0.1, -0.05) is 6.07 Å². The van der Waals surface area contributed by atoms with Crippen LogP contribution in [0.2, 0.25) is 0 Å². The number of benzene rings is 1. The quantitative estimate of drug-likeness (QED) is 0.810. The van der Waals surface area contributed by atoms with Crippen LogP contribution < -0.4 is 4.74 Å². The van der Waals surface area contributed by atoms with E-state index in [0.717, 1.165) is 0 Å². The van der Waals surface area contributed by atoms with E-state index in [1.165, 1.54) is 20.5 Å². The molecule has 0 N–H and O–H groups in total. The summed E-state index contributed by atoms with van der Waals surface area (Å²) in [6.07, 6.45) is 0.842. The fraction of sp³-hybridized carbons (Fsp3) is 0.455.